The summed E-state index contributed by atoms with van der Waals surface area (Å²) in [6.07, 6.45) is 0. The lowest BCUT2D eigenvalue weighted by molar-refractivity contribution is -0.0419. The Morgan fingerprint density at radius 2 is 1.87 bits per heavy atom. The molecule has 0 radical (unpaired) electrons. The van der Waals surface area contributed by atoms with Crippen molar-refractivity contribution >= 4 is 17.5 Å². The number of fused-ring (bicyclic) bond motifs is 3. The predicted octanol–water partition coefficient (Wildman–Crippen LogP) is -0.854. The molecule has 3 saturated heterocycles. The normalized spacial score (nSPS) is 26.3. The summed E-state index contributed by atoms with van der Waals surface area (Å²) in [4.78, 5) is 0. The molecule has 0 atom stereocenters. The van der Waals surface area contributed by atoms with Crippen LogP contribution in [0.15, 0.2) is 0 Å². The van der Waals surface area contributed by atoms with Crippen LogP contribution in [0.5, 0.6) is 0 Å². The van der Waals surface area contributed by atoms with Crippen molar-refractivity contribution in [2.45, 2.75) is 6.92 Å². The molecule has 0 N–H and O–H groups in total. The van der Waals surface area contributed by atoms with Crippen molar-refractivity contribution in [2.75, 3.05) is 33.9 Å². The van der Waals surface area contributed by atoms with Gasteiger partial charge in [0, 0.05) is 39.3 Å². The first-order chi connectivity index (χ1) is 6.85. The van der Waals surface area contributed by atoms with Gasteiger partial charge in [0.1, 0.15) is 0 Å². The molecule has 0 aromatic rings. The molecule has 0 aromatic heterocycles. The largest absolute Gasteiger partial charge is 0.573 e. The van der Waals surface area contributed by atoms with E-state index in [2.05, 4.69) is 0 Å². The zero-order valence-electron chi connectivity index (χ0n) is 9.13. The highest BCUT2D eigenvalue weighted by molar-refractivity contribution is 7.87. The van der Waals surface area contributed by atoms with E-state index in [-0.39, 0.29) is 5.41 Å². The van der Waals surface area contributed by atoms with Gasteiger partial charge in [-0.05, 0) is 0 Å². The second-order valence-electron chi connectivity index (χ2n) is 4.58. The van der Waals surface area contributed by atoms with E-state index in [1.165, 1.54) is 22.6 Å². The van der Waals surface area contributed by atoms with Gasteiger partial charge in [0.2, 0.25) is 0 Å². The molecule has 0 aromatic carbocycles. The van der Waals surface area contributed by atoms with Crippen molar-refractivity contribution in [1.29, 1.82) is 0 Å². The molecular formula is C7H15BN2O4S. The molecule has 15 heavy (non-hydrogen) atoms. The third-order valence-electron chi connectivity index (χ3n) is 2.68. The molecule has 0 amide bonds. The summed E-state index contributed by atoms with van der Waals surface area (Å²) in [5, 5.41) is 0. The molecule has 3 aliphatic heterocycles. The number of rotatable bonds is 2. The Morgan fingerprint density at radius 3 is 2.27 bits per heavy atom. The zero-order chi connectivity index (χ0) is 11.3. The SMILES string of the molecule is CN(C)S(=O)(=O)N1CC2(C)COB1OC2. The van der Waals surface area contributed by atoms with E-state index in [0.717, 1.165) is 0 Å². The summed E-state index contributed by atoms with van der Waals surface area (Å²) in [6.45, 7) is 3.52. The van der Waals surface area contributed by atoms with Crippen molar-refractivity contribution in [3.8, 4) is 0 Å². The van der Waals surface area contributed by atoms with Gasteiger partial charge in [-0.3, -0.25) is 0 Å². The van der Waals surface area contributed by atoms with E-state index in [9.17, 15) is 8.42 Å². The van der Waals surface area contributed by atoms with Gasteiger partial charge in [0.15, 0.2) is 0 Å². The van der Waals surface area contributed by atoms with Crippen molar-refractivity contribution < 1.29 is 17.7 Å². The first-order valence-corrected chi connectivity index (χ1v) is 6.17. The third kappa shape index (κ3) is 1.80. The van der Waals surface area contributed by atoms with Crippen LogP contribution in [0, 0.1) is 5.41 Å². The summed E-state index contributed by atoms with van der Waals surface area (Å²) < 4.78 is 36.9. The van der Waals surface area contributed by atoms with E-state index in [0.29, 0.717) is 19.8 Å². The van der Waals surface area contributed by atoms with Crippen molar-refractivity contribution in [3.05, 3.63) is 0 Å². The molecule has 0 spiro atoms. The van der Waals surface area contributed by atoms with Crippen LogP contribution in [0.1, 0.15) is 6.92 Å². The Morgan fingerprint density at radius 1 is 1.33 bits per heavy atom. The van der Waals surface area contributed by atoms with Crippen LogP contribution >= 0.6 is 0 Å². The first-order valence-electron chi connectivity index (χ1n) is 4.78. The number of hydrogen-bond donors (Lipinski definition) is 0. The van der Waals surface area contributed by atoms with E-state index in [1.54, 1.807) is 0 Å². The molecule has 0 unspecified atom stereocenters. The van der Waals surface area contributed by atoms with E-state index in [1.807, 2.05) is 6.92 Å². The van der Waals surface area contributed by atoms with Gasteiger partial charge >= 0.3 is 7.25 Å². The third-order valence-corrected chi connectivity index (χ3v) is 4.50. The summed E-state index contributed by atoms with van der Waals surface area (Å²) in [7, 11) is -1.20. The Kier molecular flexibility index (Phi) is 2.59. The maximum atomic E-state index is 11.9. The van der Waals surface area contributed by atoms with Gasteiger partial charge in [0.25, 0.3) is 10.2 Å². The molecule has 86 valence electrons. The summed E-state index contributed by atoms with van der Waals surface area (Å²) >= 11 is 0. The van der Waals surface area contributed by atoms with E-state index >= 15 is 0 Å². The lowest BCUT2D eigenvalue weighted by Crippen LogP contribution is -2.66. The Bertz CT molecular complexity index is 350. The molecule has 3 heterocycles. The van der Waals surface area contributed by atoms with Crippen molar-refractivity contribution in [1.82, 2.24) is 8.52 Å². The van der Waals surface area contributed by atoms with Crippen LogP contribution in [-0.2, 0) is 19.5 Å². The maximum Gasteiger partial charge on any atom is 0.573 e. The Balaban J connectivity index is 2.26. The predicted molar refractivity (Wildman–Crippen MR) is 55.1 cm³/mol. The van der Waals surface area contributed by atoms with Gasteiger partial charge < -0.3 is 9.31 Å². The number of nitrogens with zero attached hydrogens (tertiary/aromatic N) is 2. The second-order valence-corrected chi connectivity index (χ2v) is 6.67. The lowest BCUT2D eigenvalue weighted by atomic mass is 9.83. The average molecular weight is 234 g/mol. The molecule has 6 nitrogen and oxygen atoms in total. The first kappa shape index (κ1) is 11.3. The monoisotopic (exact) mass is 234 g/mol. The fraction of sp³-hybridized carbons (Fsp3) is 1.00. The topological polar surface area (TPSA) is 59.1 Å². The standard InChI is InChI=1S/C7H15BN2O4S/c1-7-4-10(15(11,12)9(2)3)8(13-5-7)14-6-7/h4-6H2,1-3H3. The molecule has 8 heteroatoms. The smallest absolute Gasteiger partial charge is 0.396 e. The minimum Gasteiger partial charge on any atom is -0.396 e. The van der Waals surface area contributed by atoms with Gasteiger partial charge in [-0.2, -0.15) is 16.9 Å². The van der Waals surface area contributed by atoms with Crippen LogP contribution in [0.4, 0.5) is 0 Å². The maximum absolute atomic E-state index is 11.9. The van der Waals surface area contributed by atoms with Crippen molar-refractivity contribution in [2.24, 2.45) is 5.41 Å². The van der Waals surface area contributed by atoms with Gasteiger partial charge in [-0.25, -0.2) is 0 Å². The molecule has 0 saturated carbocycles. The van der Waals surface area contributed by atoms with E-state index in [4.69, 9.17) is 9.31 Å². The quantitative estimate of drug-likeness (QED) is 0.584. The summed E-state index contributed by atoms with van der Waals surface area (Å²) in [5.74, 6) is 0. The van der Waals surface area contributed by atoms with Crippen molar-refractivity contribution in [3.63, 3.8) is 0 Å². The van der Waals surface area contributed by atoms with Crippen LogP contribution in [0.3, 0.4) is 0 Å². The molecule has 2 bridgehead atoms. The molecular weight excluding hydrogens is 219 g/mol. The fourth-order valence-electron chi connectivity index (χ4n) is 1.74. The van der Waals surface area contributed by atoms with E-state index < -0.39 is 17.5 Å². The highest BCUT2D eigenvalue weighted by Crippen LogP contribution is 2.33. The Hall–Kier alpha value is -0.145. The van der Waals surface area contributed by atoms with Gasteiger partial charge in [-0.15, -0.1) is 0 Å². The highest BCUT2D eigenvalue weighted by Gasteiger charge is 2.53. The molecule has 3 aliphatic rings. The fourth-order valence-corrected chi connectivity index (χ4v) is 2.98. The molecule has 3 fully saturated rings. The minimum absolute atomic E-state index is 0.224. The zero-order valence-corrected chi connectivity index (χ0v) is 9.95. The molecule has 3 rings (SSSR count). The Labute approximate surface area is 90.5 Å². The summed E-state index contributed by atoms with van der Waals surface area (Å²) in [6, 6.07) is 0. The van der Waals surface area contributed by atoms with Crippen LogP contribution in [0.25, 0.3) is 0 Å². The molecule has 0 aliphatic carbocycles. The average Bonchev–Trinajstić information content (AvgIpc) is 2.17. The lowest BCUT2D eigenvalue weighted by Gasteiger charge is -2.47. The van der Waals surface area contributed by atoms with Crippen LogP contribution in [-0.4, -0.2) is 58.0 Å². The second kappa shape index (κ2) is 3.42. The highest BCUT2D eigenvalue weighted by atomic mass is 32.2. The van der Waals surface area contributed by atoms with Gasteiger partial charge in [-0.1, -0.05) is 6.92 Å². The number of hydrogen-bond acceptors (Lipinski definition) is 4. The van der Waals surface area contributed by atoms with Gasteiger partial charge in [0.05, 0.1) is 0 Å². The van der Waals surface area contributed by atoms with Crippen LogP contribution < -0.4 is 0 Å². The minimum atomic E-state index is -3.45. The van der Waals surface area contributed by atoms with Crippen LogP contribution in [0.2, 0.25) is 0 Å². The summed E-state index contributed by atoms with van der Waals surface area (Å²) in [5.41, 5.74) is -0.224.